The molecular weight excluding hydrogens is 96.1 g/mol. The van der Waals surface area contributed by atoms with Gasteiger partial charge in [-0.05, 0) is 7.05 Å². The van der Waals surface area contributed by atoms with Gasteiger partial charge in [0.2, 0.25) is 0 Å². The Balaban J connectivity index is 2.34. The predicted octanol–water partition coefficient (Wildman–Crippen LogP) is -0.187. The summed E-state index contributed by atoms with van der Waals surface area (Å²) in [4.78, 5) is 0. The van der Waals surface area contributed by atoms with E-state index in [1.807, 2.05) is 7.05 Å². The Kier molecular flexibility index (Phi) is 5.51. The Hall–Kier alpha value is 0.270. The molecule has 3 heteroatoms. The Morgan fingerprint density at radius 1 is 1.83 bits per heavy atom. The number of nitrogens with two attached hydrogens (primary N) is 1. The van der Waals surface area contributed by atoms with Crippen LogP contribution in [-0.2, 0) is 0 Å². The Morgan fingerprint density at radius 3 is 2.67 bits per heavy atom. The van der Waals surface area contributed by atoms with Crippen LogP contribution < -0.4 is 10.5 Å². The van der Waals surface area contributed by atoms with E-state index >= 15 is 0 Å². The van der Waals surface area contributed by atoms with Gasteiger partial charge in [0.15, 0.2) is 0 Å². The fraction of sp³-hybridized carbons (Fsp3) is 1.00. The zero-order chi connectivity index (χ0) is 4.83. The highest BCUT2D eigenvalue weighted by atomic mass is 32.2. The van der Waals surface area contributed by atoms with E-state index in [4.69, 9.17) is 5.73 Å². The summed E-state index contributed by atoms with van der Waals surface area (Å²) in [6, 6.07) is 0. The highest BCUT2D eigenvalue weighted by Gasteiger charge is 1.73. The van der Waals surface area contributed by atoms with Gasteiger partial charge in [-0.2, -0.15) is 0 Å². The highest BCUT2D eigenvalue weighted by Crippen LogP contribution is 1.83. The summed E-state index contributed by atoms with van der Waals surface area (Å²) in [7, 11) is 1.89. The fourth-order valence-corrected chi connectivity index (χ4v) is 0.483. The van der Waals surface area contributed by atoms with Crippen molar-refractivity contribution in [2.75, 3.05) is 19.3 Å². The van der Waals surface area contributed by atoms with Crippen molar-refractivity contribution in [3.8, 4) is 0 Å². The van der Waals surface area contributed by atoms with Crippen molar-refractivity contribution >= 4 is 11.9 Å². The van der Waals surface area contributed by atoms with Crippen LogP contribution in [0.25, 0.3) is 0 Å². The number of nitrogens with one attached hydrogen (secondary N) is 1. The van der Waals surface area contributed by atoms with Crippen LogP contribution in [0.2, 0.25) is 0 Å². The topological polar surface area (TPSA) is 38.0 Å². The third-order valence-corrected chi connectivity index (χ3v) is 1.09. The average molecular weight is 106 g/mol. The smallest absolute Gasteiger partial charge is 0.0202 e. The van der Waals surface area contributed by atoms with E-state index in [1.165, 1.54) is 0 Å². The van der Waals surface area contributed by atoms with Gasteiger partial charge >= 0.3 is 0 Å². The molecule has 3 N–H and O–H groups in total. The highest BCUT2D eigenvalue weighted by molar-refractivity contribution is 7.97. The first-order valence-corrected chi connectivity index (χ1v) is 2.89. The van der Waals surface area contributed by atoms with Crippen LogP contribution in [-0.4, -0.2) is 19.3 Å². The minimum atomic E-state index is 0.755. The first-order valence-electron chi connectivity index (χ1n) is 1.90. The predicted molar refractivity (Wildman–Crippen MR) is 30.6 cm³/mol. The lowest BCUT2D eigenvalue weighted by Gasteiger charge is -1.89. The van der Waals surface area contributed by atoms with Gasteiger partial charge in [0.05, 0.1) is 0 Å². The molecule has 0 bridgehead atoms. The average Bonchev–Trinajstić information content (AvgIpc) is 1.61. The quantitative estimate of drug-likeness (QED) is 0.387. The van der Waals surface area contributed by atoms with Crippen LogP contribution >= 0.6 is 11.9 Å². The maximum absolute atomic E-state index is 5.15. The van der Waals surface area contributed by atoms with Gasteiger partial charge in [-0.3, -0.25) is 4.72 Å². The van der Waals surface area contributed by atoms with Crippen molar-refractivity contribution in [3.63, 3.8) is 0 Å². The van der Waals surface area contributed by atoms with Crippen LogP contribution in [0, 0.1) is 0 Å². The molecule has 0 atom stereocenters. The Morgan fingerprint density at radius 2 is 2.50 bits per heavy atom. The second-order valence-corrected chi connectivity index (χ2v) is 1.95. The molecule has 0 radical (unpaired) electrons. The van der Waals surface area contributed by atoms with E-state index in [-0.39, 0.29) is 0 Å². The van der Waals surface area contributed by atoms with Gasteiger partial charge in [0, 0.05) is 12.3 Å². The summed E-state index contributed by atoms with van der Waals surface area (Å²) >= 11 is 1.63. The maximum atomic E-state index is 5.15. The van der Waals surface area contributed by atoms with E-state index < -0.39 is 0 Å². The third kappa shape index (κ3) is 4.27. The van der Waals surface area contributed by atoms with Crippen molar-refractivity contribution in [3.05, 3.63) is 0 Å². The molecule has 0 aromatic rings. The zero-order valence-electron chi connectivity index (χ0n) is 3.90. The molecule has 2 nitrogen and oxygen atoms in total. The Bertz CT molecular complexity index is 20.8. The SMILES string of the molecule is CNSCCN. The van der Waals surface area contributed by atoms with Crippen LogP contribution in [0.5, 0.6) is 0 Å². The molecule has 0 aliphatic heterocycles. The molecule has 0 aromatic carbocycles. The molecule has 38 valence electrons. The summed E-state index contributed by atoms with van der Waals surface area (Å²) in [5.41, 5.74) is 5.15. The summed E-state index contributed by atoms with van der Waals surface area (Å²) in [6.07, 6.45) is 0. The Labute approximate surface area is 42.6 Å². The van der Waals surface area contributed by atoms with E-state index in [2.05, 4.69) is 4.72 Å². The first-order chi connectivity index (χ1) is 2.91. The van der Waals surface area contributed by atoms with Crippen molar-refractivity contribution < 1.29 is 0 Å². The van der Waals surface area contributed by atoms with Crippen LogP contribution in [0.3, 0.4) is 0 Å². The van der Waals surface area contributed by atoms with E-state index in [0.717, 1.165) is 12.3 Å². The molecule has 0 rings (SSSR count). The fourth-order valence-electron chi connectivity index (χ4n) is 0.161. The normalized spacial score (nSPS) is 9.00. The molecule has 0 amide bonds. The summed E-state index contributed by atoms with van der Waals surface area (Å²) in [6.45, 7) is 0.755. The number of hydrogen-bond acceptors (Lipinski definition) is 3. The molecule has 0 aromatic heterocycles. The van der Waals surface area contributed by atoms with E-state index in [9.17, 15) is 0 Å². The second-order valence-electron chi connectivity index (χ2n) is 0.841. The van der Waals surface area contributed by atoms with E-state index in [1.54, 1.807) is 11.9 Å². The second kappa shape index (κ2) is 5.27. The van der Waals surface area contributed by atoms with Crippen molar-refractivity contribution in [2.24, 2.45) is 5.73 Å². The van der Waals surface area contributed by atoms with Gasteiger partial charge in [-0.15, -0.1) is 0 Å². The van der Waals surface area contributed by atoms with Gasteiger partial charge in [0.1, 0.15) is 0 Å². The zero-order valence-corrected chi connectivity index (χ0v) is 4.72. The van der Waals surface area contributed by atoms with Gasteiger partial charge < -0.3 is 5.73 Å². The molecule has 0 saturated carbocycles. The first kappa shape index (κ1) is 6.27. The molecular formula is C3H10N2S. The van der Waals surface area contributed by atoms with Gasteiger partial charge in [0.25, 0.3) is 0 Å². The molecule has 6 heavy (non-hydrogen) atoms. The number of hydrogen-bond donors (Lipinski definition) is 2. The standard InChI is InChI=1S/C3H10N2S/c1-5-6-3-2-4/h5H,2-4H2,1H3. The molecule has 0 spiro atoms. The summed E-state index contributed by atoms with van der Waals surface area (Å²) in [5, 5.41) is 0. The molecule has 0 aliphatic rings. The molecule has 0 heterocycles. The lowest BCUT2D eigenvalue weighted by Crippen LogP contribution is -2.05. The lowest BCUT2D eigenvalue weighted by molar-refractivity contribution is 1.14. The molecule has 0 aliphatic carbocycles. The monoisotopic (exact) mass is 106 g/mol. The third-order valence-electron chi connectivity index (χ3n) is 0.364. The van der Waals surface area contributed by atoms with Crippen LogP contribution in [0.15, 0.2) is 0 Å². The van der Waals surface area contributed by atoms with Gasteiger partial charge in [-0.1, -0.05) is 11.9 Å². The maximum Gasteiger partial charge on any atom is 0.0202 e. The number of rotatable bonds is 3. The molecule has 0 unspecified atom stereocenters. The summed E-state index contributed by atoms with van der Waals surface area (Å²) < 4.78 is 2.91. The van der Waals surface area contributed by atoms with Crippen molar-refractivity contribution in [2.45, 2.75) is 0 Å². The van der Waals surface area contributed by atoms with E-state index in [0.29, 0.717) is 0 Å². The van der Waals surface area contributed by atoms with Crippen molar-refractivity contribution in [1.82, 2.24) is 4.72 Å². The van der Waals surface area contributed by atoms with Crippen molar-refractivity contribution in [1.29, 1.82) is 0 Å². The minimum absolute atomic E-state index is 0.755. The molecule has 0 saturated heterocycles. The van der Waals surface area contributed by atoms with Gasteiger partial charge in [-0.25, -0.2) is 0 Å². The molecule has 0 fully saturated rings. The van der Waals surface area contributed by atoms with Crippen LogP contribution in [0.1, 0.15) is 0 Å². The lowest BCUT2D eigenvalue weighted by atomic mass is 10.8. The van der Waals surface area contributed by atoms with Crippen LogP contribution in [0.4, 0.5) is 0 Å². The minimum Gasteiger partial charge on any atom is -0.330 e. The summed E-state index contributed by atoms with van der Waals surface area (Å²) in [5.74, 6) is 0.997. The largest absolute Gasteiger partial charge is 0.330 e.